The molecule has 0 amide bonds. The van der Waals surface area contributed by atoms with Crippen LogP contribution in [0.15, 0.2) is 4.47 Å². The Balaban J connectivity index is 3.01. The Morgan fingerprint density at radius 1 is 1.33 bits per heavy atom. The van der Waals surface area contributed by atoms with E-state index in [1.54, 1.807) is 0 Å². The van der Waals surface area contributed by atoms with Gasteiger partial charge in [0.25, 0.3) is 0 Å². The van der Waals surface area contributed by atoms with Gasteiger partial charge in [0, 0.05) is 6.42 Å². The summed E-state index contributed by atoms with van der Waals surface area (Å²) in [6.45, 7) is 6.46. The van der Waals surface area contributed by atoms with Gasteiger partial charge in [0.05, 0.1) is 10.2 Å². The van der Waals surface area contributed by atoms with Gasteiger partial charge in [-0.25, -0.2) is 9.97 Å². The zero-order valence-electron chi connectivity index (χ0n) is 9.55. The van der Waals surface area contributed by atoms with Gasteiger partial charge in [-0.05, 0) is 34.7 Å². The van der Waals surface area contributed by atoms with E-state index >= 15 is 0 Å². The Labute approximate surface area is 99.6 Å². The minimum Gasteiger partial charge on any atom is -0.383 e. The molecule has 0 saturated heterocycles. The molecule has 0 spiro atoms. The van der Waals surface area contributed by atoms with Crippen LogP contribution in [0.3, 0.4) is 0 Å². The summed E-state index contributed by atoms with van der Waals surface area (Å²) in [7, 11) is 0. The highest BCUT2D eigenvalue weighted by atomic mass is 79.9. The quantitative estimate of drug-likeness (QED) is 0.916. The van der Waals surface area contributed by atoms with Crippen LogP contribution in [0.2, 0.25) is 0 Å². The lowest BCUT2D eigenvalue weighted by Crippen LogP contribution is -2.07. The van der Waals surface area contributed by atoms with Crippen LogP contribution in [0.5, 0.6) is 0 Å². The molecule has 0 fully saturated rings. The maximum atomic E-state index is 5.83. The lowest BCUT2D eigenvalue weighted by molar-refractivity contribution is 0.627. The molecule has 0 unspecified atom stereocenters. The first-order chi connectivity index (χ1) is 7.04. The third-order valence-electron chi connectivity index (χ3n) is 2.07. The molecule has 0 aromatic carbocycles. The molecule has 4 heteroatoms. The summed E-state index contributed by atoms with van der Waals surface area (Å²) in [4.78, 5) is 8.78. The van der Waals surface area contributed by atoms with Gasteiger partial charge < -0.3 is 5.73 Å². The number of aryl methyl sites for hydroxylation is 1. The van der Waals surface area contributed by atoms with E-state index in [2.05, 4.69) is 46.7 Å². The number of nitrogens with two attached hydrogens (primary N) is 1. The molecule has 0 aliphatic carbocycles. The van der Waals surface area contributed by atoms with Crippen LogP contribution in [0.4, 0.5) is 5.82 Å². The molecule has 15 heavy (non-hydrogen) atoms. The molecule has 0 aliphatic rings. The molecule has 0 saturated carbocycles. The van der Waals surface area contributed by atoms with Crippen LogP contribution in [-0.4, -0.2) is 9.97 Å². The predicted octanol–water partition coefficient (Wildman–Crippen LogP) is 2.97. The molecule has 2 N–H and O–H groups in total. The number of hydrogen-bond acceptors (Lipinski definition) is 3. The molecule has 1 rings (SSSR count). The molecule has 84 valence electrons. The van der Waals surface area contributed by atoms with Crippen molar-refractivity contribution in [2.24, 2.45) is 5.92 Å². The number of nitrogens with zero attached hydrogens (tertiary/aromatic N) is 2. The van der Waals surface area contributed by atoms with Gasteiger partial charge in [-0.15, -0.1) is 0 Å². The number of rotatable bonds is 4. The van der Waals surface area contributed by atoms with Gasteiger partial charge >= 0.3 is 0 Å². The lowest BCUT2D eigenvalue weighted by Gasteiger charge is -2.10. The summed E-state index contributed by atoms with van der Waals surface area (Å²) in [6, 6.07) is 0. The van der Waals surface area contributed by atoms with E-state index in [0.717, 1.165) is 35.3 Å². The minimum atomic E-state index is 0.559. The summed E-state index contributed by atoms with van der Waals surface area (Å²) in [5.41, 5.74) is 6.86. The molecule has 0 radical (unpaired) electrons. The monoisotopic (exact) mass is 271 g/mol. The van der Waals surface area contributed by atoms with Crippen molar-refractivity contribution in [3.8, 4) is 0 Å². The van der Waals surface area contributed by atoms with Crippen molar-refractivity contribution < 1.29 is 0 Å². The van der Waals surface area contributed by atoms with Crippen molar-refractivity contribution in [1.29, 1.82) is 0 Å². The van der Waals surface area contributed by atoms with Crippen molar-refractivity contribution in [1.82, 2.24) is 9.97 Å². The van der Waals surface area contributed by atoms with Crippen LogP contribution < -0.4 is 5.73 Å². The van der Waals surface area contributed by atoms with E-state index in [-0.39, 0.29) is 0 Å². The maximum absolute atomic E-state index is 5.83. The van der Waals surface area contributed by atoms with Crippen molar-refractivity contribution in [2.45, 2.75) is 40.0 Å². The van der Waals surface area contributed by atoms with E-state index in [4.69, 9.17) is 5.73 Å². The van der Waals surface area contributed by atoms with Crippen molar-refractivity contribution in [3.63, 3.8) is 0 Å². The van der Waals surface area contributed by atoms with Gasteiger partial charge in [0.2, 0.25) is 0 Å². The summed E-state index contributed by atoms with van der Waals surface area (Å²) < 4.78 is 0.857. The number of anilines is 1. The van der Waals surface area contributed by atoms with Gasteiger partial charge in [-0.2, -0.15) is 0 Å². The van der Waals surface area contributed by atoms with E-state index in [9.17, 15) is 0 Å². The number of nitrogen functional groups attached to an aromatic ring is 1. The summed E-state index contributed by atoms with van der Waals surface area (Å²) in [5.74, 6) is 1.99. The Bertz CT molecular complexity index is 337. The third kappa shape index (κ3) is 3.45. The van der Waals surface area contributed by atoms with Crippen LogP contribution in [0, 0.1) is 5.92 Å². The van der Waals surface area contributed by atoms with Crippen LogP contribution in [0.1, 0.15) is 38.7 Å². The minimum absolute atomic E-state index is 0.559. The SMILES string of the molecule is CCCc1nc(N)c(Br)c(CC(C)C)n1. The molecule has 0 bridgehead atoms. The van der Waals surface area contributed by atoms with Gasteiger partial charge in [0.15, 0.2) is 0 Å². The van der Waals surface area contributed by atoms with E-state index in [0.29, 0.717) is 11.7 Å². The molecule has 1 aromatic heterocycles. The molecule has 1 aromatic rings. The molecule has 3 nitrogen and oxygen atoms in total. The average Bonchev–Trinajstić information content (AvgIpc) is 2.13. The zero-order chi connectivity index (χ0) is 11.4. The standard InChI is InChI=1S/C11H18BrN3/c1-4-5-9-14-8(6-7(2)3)10(12)11(13)15-9/h7H,4-6H2,1-3H3,(H2,13,14,15). The normalized spacial score (nSPS) is 11.0. The van der Waals surface area contributed by atoms with Crippen LogP contribution >= 0.6 is 15.9 Å². The van der Waals surface area contributed by atoms with E-state index in [1.165, 1.54) is 0 Å². The first-order valence-electron chi connectivity index (χ1n) is 5.35. The predicted molar refractivity (Wildman–Crippen MR) is 66.7 cm³/mol. The highest BCUT2D eigenvalue weighted by Crippen LogP contribution is 2.23. The van der Waals surface area contributed by atoms with Gasteiger partial charge in [-0.1, -0.05) is 20.8 Å². The third-order valence-corrected chi connectivity index (χ3v) is 2.93. The lowest BCUT2D eigenvalue weighted by atomic mass is 10.1. The first kappa shape index (κ1) is 12.4. The number of hydrogen-bond donors (Lipinski definition) is 1. The Hall–Kier alpha value is -0.640. The van der Waals surface area contributed by atoms with E-state index in [1.807, 2.05) is 0 Å². The van der Waals surface area contributed by atoms with Gasteiger partial charge in [0.1, 0.15) is 11.6 Å². The molecular formula is C11H18BrN3. The van der Waals surface area contributed by atoms with E-state index < -0.39 is 0 Å². The zero-order valence-corrected chi connectivity index (χ0v) is 11.1. The maximum Gasteiger partial charge on any atom is 0.141 e. The second-order valence-electron chi connectivity index (χ2n) is 4.13. The molecule has 1 heterocycles. The molecular weight excluding hydrogens is 254 g/mol. The first-order valence-corrected chi connectivity index (χ1v) is 6.14. The fourth-order valence-corrected chi connectivity index (χ4v) is 1.76. The fraction of sp³-hybridized carbons (Fsp3) is 0.636. The summed E-state index contributed by atoms with van der Waals surface area (Å²) in [6.07, 6.45) is 2.87. The Morgan fingerprint density at radius 3 is 2.53 bits per heavy atom. The number of halogens is 1. The summed E-state index contributed by atoms with van der Waals surface area (Å²) >= 11 is 3.44. The van der Waals surface area contributed by atoms with Gasteiger partial charge in [-0.3, -0.25) is 0 Å². The number of aromatic nitrogens is 2. The second kappa shape index (κ2) is 5.45. The highest BCUT2D eigenvalue weighted by molar-refractivity contribution is 9.10. The van der Waals surface area contributed by atoms with Crippen molar-refractivity contribution in [3.05, 3.63) is 16.0 Å². The second-order valence-corrected chi connectivity index (χ2v) is 4.93. The Kier molecular flexibility index (Phi) is 4.51. The van der Waals surface area contributed by atoms with Crippen LogP contribution in [0.25, 0.3) is 0 Å². The fourth-order valence-electron chi connectivity index (χ4n) is 1.42. The highest BCUT2D eigenvalue weighted by Gasteiger charge is 2.10. The van der Waals surface area contributed by atoms with Crippen molar-refractivity contribution in [2.75, 3.05) is 5.73 Å². The smallest absolute Gasteiger partial charge is 0.141 e. The van der Waals surface area contributed by atoms with Crippen molar-refractivity contribution >= 4 is 21.7 Å². The average molecular weight is 272 g/mol. The van der Waals surface area contributed by atoms with Crippen LogP contribution in [-0.2, 0) is 12.8 Å². The molecule has 0 aliphatic heterocycles. The topological polar surface area (TPSA) is 51.8 Å². The summed E-state index contributed by atoms with van der Waals surface area (Å²) in [5, 5.41) is 0. The molecule has 0 atom stereocenters. The largest absolute Gasteiger partial charge is 0.383 e. The Morgan fingerprint density at radius 2 is 2.00 bits per heavy atom.